The predicted octanol–water partition coefficient (Wildman–Crippen LogP) is 2.89. The van der Waals surface area contributed by atoms with Crippen LogP contribution in [0.25, 0.3) is 0 Å². The van der Waals surface area contributed by atoms with E-state index in [0.29, 0.717) is 28.2 Å². The van der Waals surface area contributed by atoms with Crippen molar-refractivity contribution in [2.45, 2.75) is 4.90 Å². The summed E-state index contributed by atoms with van der Waals surface area (Å²) in [6.07, 6.45) is 0. The van der Waals surface area contributed by atoms with E-state index in [1.165, 1.54) is 23.1 Å². The molecule has 3 rings (SSSR count). The molecule has 0 saturated heterocycles. The lowest BCUT2D eigenvalue weighted by Gasteiger charge is -2.28. The van der Waals surface area contributed by atoms with Crippen molar-refractivity contribution in [3.05, 3.63) is 46.4 Å². The zero-order valence-corrected chi connectivity index (χ0v) is 18.2. The third-order valence-corrected chi connectivity index (χ3v) is 6.25. The van der Waals surface area contributed by atoms with Gasteiger partial charge in [-0.3, -0.25) is 19.3 Å². The highest BCUT2D eigenvalue weighted by atomic mass is 35.5. The highest BCUT2D eigenvalue weighted by Gasteiger charge is 2.27. The summed E-state index contributed by atoms with van der Waals surface area (Å²) in [6, 6.07) is 8.31. The summed E-state index contributed by atoms with van der Waals surface area (Å²) in [5.41, 5.74) is 1.04. The van der Waals surface area contributed by atoms with E-state index in [0.717, 1.165) is 6.07 Å². The molecule has 2 aromatic rings. The topological polar surface area (TPSA) is 139 Å². The van der Waals surface area contributed by atoms with Gasteiger partial charge in [0.2, 0.25) is 21.8 Å². The fraction of sp³-hybridized carbons (Fsp3) is 0.118. The Labute approximate surface area is 185 Å². The van der Waals surface area contributed by atoms with Crippen LogP contribution in [0.1, 0.15) is 0 Å². The van der Waals surface area contributed by atoms with Crippen molar-refractivity contribution >= 4 is 79.1 Å². The summed E-state index contributed by atoms with van der Waals surface area (Å²) in [6.45, 7) is -0.192. The predicted molar refractivity (Wildman–Crippen MR) is 117 cm³/mol. The van der Waals surface area contributed by atoms with Crippen molar-refractivity contribution in [2.24, 2.45) is 5.14 Å². The molecule has 9 nitrogen and oxygen atoms in total. The fourth-order valence-corrected chi connectivity index (χ4v) is 4.24. The molecule has 4 N–H and O–H groups in total. The number of primary sulfonamides is 1. The number of amides is 3. The standard InChI is InChI=1S/C17H14Cl2N4O5S2/c18-9-1-4-14-13(5-9)22-15(24)7-23(14)17(26)29-8-16(25)21-12-3-2-10(6-11(12)19)30(20,27)28/h1-6H,7-8H2,(H,21,25)(H,22,24)(H2,20,27,28). The van der Waals surface area contributed by atoms with Gasteiger partial charge in [0, 0.05) is 5.02 Å². The van der Waals surface area contributed by atoms with Gasteiger partial charge in [-0.05, 0) is 36.4 Å². The molecule has 3 amide bonds. The number of nitrogens with zero attached hydrogens (tertiary/aromatic N) is 1. The van der Waals surface area contributed by atoms with Crippen molar-refractivity contribution in [3.63, 3.8) is 0 Å². The number of anilines is 3. The van der Waals surface area contributed by atoms with Gasteiger partial charge in [-0.1, -0.05) is 35.0 Å². The Morgan fingerprint density at radius 3 is 2.60 bits per heavy atom. The summed E-state index contributed by atoms with van der Waals surface area (Å²) in [4.78, 5) is 37.7. The molecule has 1 heterocycles. The molecule has 0 bridgehead atoms. The Bertz CT molecular complexity index is 1160. The normalized spacial score (nSPS) is 13.4. The lowest BCUT2D eigenvalue weighted by Crippen LogP contribution is -2.40. The van der Waals surface area contributed by atoms with E-state index in [4.69, 9.17) is 28.3 Å². The Hall–Kier alpha value is -2.31. The molecule has 30 heavy (non-hydrogen) atoms. The maximum Gasteiger partial charge on any atom is 0.287 e. The summed E-state index contributed by atoms with van der Waals surface area (Å²) < 4.78 is 22.7. The molecular formula is C17H14Cl2N4O5S2. The summed E-state index contributed by atoms with van der Waals surface area (Å²) in [5, 5.41) is 10.0. The zero-order valence-electron chi connectivity index (χ0n) is 15.0. The second kappa shape index (κ2) is 8.82. The first-order valence-corrected chi connectivity index (χ1v) is 11.5. The number of carbonyl (C=O) groups excluding carboxylic acids is 3. The average molecular weight is 489 g/mol. The Kier molecular flexibility index (Phi) is 6.58. The first-order chi connectivity index (χ1) is 14.0. The van der Waals surface area contributed by atoms with Crippen molar-refractivity contribution in [1.29, 1.82) is 0 Å². The van der Waals surface area contributed by atoms with Crippen molar-refractivity contribution in [2.75, 3.05) is 27.8 Å². The Morgan fingerprint density at radius 1 is 1.20 bits per heavy atom. The molecule has 1 aliphatic heterocycles. The number of sulfonamides is 1. The van der Waals surface area contributed by atoms with Gasteiger partial charge in [0.05, 0.1) is 32.7 Å². The maximum atomic E-state index is 12.6. The van der Waals surface area contributed by atoms with Crippen LogP contribution in [0, 0.1) is 0 Å². The molecule has 0 aromatic heterocycles. The summed E-state index contributed by atoms with van der Waals surface area (Å²) in [5.74, 6) is -1.19. The average Bonchev–Trinajstić information content (AvgIpc) is 2.65. The van der Waals surface area contributed by atoms with Gasteiger partial charge in [-0.15, -0.1) is 0 Å². The zero-order chi connectivity index (χ0) is 22.1. The van der Waals surface area contributed by atoms with Gasteiger partial charge in [0.1, 0.15) is 6.54 Å². The Morgan fingerprint density at radius 2 is 1.93 bits per heavy atom. The quantitative estimate of drug-likeness (QED) is 0.604. The number of halogens is 2. The van der Waals surface area contributed by atoms with Crippen LogP contribution in [0.2, 0.25) is 10.0 Å². The number of thioether (sulfide) groups is 1. The van der Waals surface area contributed by atoms with Crippen LogP contribution in [0.3, 0.4) is 0 Å². The monoisotopic (exact) mass is 488 g/mol. The molecule has 0 atom stereocenters. The van der Waals surface area contributed by atoms with Crippen LogP contribution < -0.4 is 20.7 Å². The first-order valence-electron chi connectivity index (χ1n) is 8.20. The van der Waals surface area contributed by atoms with Gasteiger partial charge < -0.3 is 10.6 Å². The summed E-state index contributed by atoms with van der Waals surface area (Å²) >= 11 is 12.6. The highest BCUT2D eigenvalue weighted by molar-refractivity contribution is 8.14. The minimum absolute atomic E-state index is 0.0234. The minimum Gasteiger partial charge on any atom is -0.324 e. The first kappa shape index (κ1) is 22.4. The Balaban J connectivity index is 1.64. The van der Waals surface area contributed by atoms with Crippen LogP contribution >= 0.6 is 35.0 Å². The second-order valence-electron chi connectivity index (χ2n) is 6.09. The molecule has 0 spiro atoms. The van der Waals surface area contributed by atoms with Gasteiger partial charge in [-0.25, -0.2) is 13.6 Å². The van der Waals surface area contributed by atoms with Gasteiger partial charge in [0.25, 0.3) is 5.24 Å². The maximum absolute atomic E-state index is 12.6. The van der Waals surface area contributed by atoms with Crippen molar-refractivity contribution in [3.8, 4) is 0 Å². The molecule has 0 unspecified atom stereocenters. The van der Waals surface area contributed by atoms with E-state index < -0.39 is 21.2 Å². The number of carbonyl (C=O) groups is 3. The van der Waals surface area contributed by atoms with E-state index in [9.17, 15) is 22.8 Å². The molecule has 158 valence electrons. The minimum atomic E-state index is -3.93. The number of hydrogen-bond acceptors (Lipinski definition) is 6. The summed E-state index contributed by atoms with van der Waals surface area (Å²) in [7, 11) is -3.93. The van der Waals surface area contributed by atoms with Crippen LogP contribution in [-0.4, -0.2) is 37.8 Å². The van der Waals surface area contributed by atoms with E-state index >= 15 is 0 Å². The molecule has 13 heteroatoms. The highest BCUT2D eigenvalue weighted by Crippen LogP contribution is 2.33. The van der Waals surface area contributed by atoms with Gasteiger partial charge in [-0.2, -0.15) is 0 Å². The van der Waals surface area contributed by atoms with Crippen LogP contribution in [0.5, 0.6) is 0 Å². The van der Waals surface area contributed by atoms with E-state index in [2.05, 4.69) is 10.6 Å². The second-order valence-corrected chi connectivity index (χ2v) is 9.42. The van der Waals surface area contributed by atoms with Gasteiger partial charge >= 0.3 is 0 Å². The lowest BCUT2D eigenvalue weighted by atomic mass is 10.2. The number of nitrogens with two attached hydrogens (primary N) is 1. The number of benzene rings is 2. The van der Waals surface area contributed by atoms with E-state index in [1.54, 1.807) is 12.1 Å². The molecular weight excluding hydrogens is 475 g/mol. The number of hydrogen-bond donors (Lipinski definition) is 3. The fourth-order valence-electron chi connectivity index (χ4n) is 2.59. The SMILES string of the molecule is NS(=O)(=O)c1ccc(NC(=O)CSC(=O)N2CC(=O)Nc3cc(Cl)ccc32)c(Cl)c1. The number of rotatable bonds is 4. The van der Waals surface area contributed by atoms with Crippen LogP contribution in [0.15, 0.2) is 41.3 Å². The third kappa shape index (κ3) is 5.24. The van der Waals surface area contributed by atoms with Crippen molar-refractivity contribution in [1.82, 2.24) is 0 Å². The molecule has 0 aliphatic carbocycles. The van der Waals surface area contributed by atoms with E-state index in [1.807, 2.05) is 0 Å². The molecule has 2 aromatic carbocycles. The smallest absolute Gasteiger partial charge is 0.287 e. The van der Waals surface area contributed by atoms with Crippen LogP contribution in [0.4, 0.5) is 21.9 Å². The molecule has 0 fully saturated rings. The lowest BCUT2D eigenvalue weighted by molar-refractivity contribution is -0.115. The largest absolute Gasteiger partial charge is 0.324 e. The van der Waals surface area contributed by atoms with Crippen molar-refractivity contribution < 1.29 is 22.8 Å². The molecule has 0 radical (unpaired) electrons. The number of fused-ring (bicyclic) bond motifs is 1. The van der Waals surface area contributed by atoms with Gasteiger partial charge in [0.15, 0.2) is 0 Å². The van der Waals surface area contributed by atoms with Crippen LogP contribution in [-0.2, 0) is 19.6 Å². The van der Waals surface area contributed by atoms with E-state index in [-0.39, 0.29) is 33.8 Å². The third-order valence-electron chi connectivity index (χ3n) is 3.92. The molecule has 0 saturated carbocycles. The number of nitrogens with one attached hydrogen (secondary N) is 2. The molecule has 1 aliphatic rings.